The zero-order valence-electron chi connectivity index (χ0n) is 17.6. The minimum atomic E-state index is -0.253. The highest BCUT2D eigenvalue weighted by molar-refractivity contribution is 7.17. The standard InChI is InChI=1S/C24H33NO3S/c1-2-7-28-23(27)21-18-5-3-4-6-19(18)29-22(21)25-20(26)14-24-11-15-8-16(12-24)10-17(9-15)13-24/h15-17H,2-14H2,1H3,(H,25,26). The predicted octanol–water partition coefficient (Wildman–Crippen LogP) is 5.74. The van der Waals surface area contributed by atoms with Crippen LogP contribution in [0.1, 0.15) is 91.9 Å². The quantitative estimate of drug-likeness (QED) is 0.603. The summed E-state index contributed by atoms with van der Waals surface area (Å²) in [4.78, 5) is 27.2. The van der Waals surface area contributed by atoms with Gasteiger partial charge in [0.25, 0.3) is 0 Å². The molecule has 5 aliphatic rings. The summed E-state index contributed by atoms with van der Waals surface area (Å²) in [6, 6.07) is 0. The Kier molecular flexibility index (Phi) is 5.21. The Hall–Kier alpha value is -1.36. The number of carbonyl (C=O) groups excluding carboxylic acids is 2. The van der Waals surface area contributed by atoms with Gasteiger partial charge in [0, 0.05) is 11.3 Å². The number of carbonyl (C=O) groups is 2. The number of aryl methyl sites for hydroxylation is 1. The van der Waals surface area contributed by atoms with Gasteiger partial charge < -0.3 is 10.1 Å². The van der Waals surface area contributed by atoms with Crippen molar-refractivity contribution in [1.82, 2.24) is 0 Å². The number of nitrogens with one attached hydrogen (secondary N) is 1. The Balaban J connectivity index is 1.34. The average molecular weight is 416 g/mol. The lowest BCUT2D eigenvalue weighted by molar-refractivity contribution is -0.124. The smallest absolute Gasteiger partial charge is 0.341 e. The molecule has 29 heavy (non-hydrogen) atoms. The van der Waals surface area contributed by atoms with Gasteiger partial charge in [0.05, 0.1) is 12.2 Å². The normalized spacial score (nSPS) is 32.1. The number of fused-ring (bicyclic) bond motifs is 1. The van der Waals surface area contributed by atoms with Crippen molar-refractivity contribution in [2.75, 3.05) is 11.9 Å². The lowest BCUT2D eigenvalue weighted by atomic mass is 9.49. The maximum Gasteiger partial charge on any atom is 0.341 e. The molecule has 1 N–H and O–H groups in total. The van der Waals surface area contributed by atoms with Gasteiger partial charge >= 0.3 is 5.97 Å². The minimum Gasteiger partial charge on any atom is -0.462 e. The molecule has 4 fully saturated rings. The number of hydrogen-bond donors (Lipinski definition) is 1. The molecule has 5 heteroatoms. The van der Waals surface area contributed by atoms with E-state index in [0.717, 1.165) is 60.4 Å². The summed E-state index contributed by atoms with van der Waals surface area (Å²) in [5, 5.41) is 3.92. The van der Waals surface area contributed by atoms with Crippen molar-refractivity contribution in [3.8, 4) is 0 Å². The molecule has 0 aliphatic heterocycles. The van der Waals surface area contributed by atoms with Crippen molar-refractivity contribution in [3.63, 3.8) is 0 Å². The van der Waals surface area contributed by atoms with Gasteiger partial charge in [0.1, 0.15) is 5.00 Å². The molecule has 1 heterocycles. The third-order valence-electron chi connectivity index (χ3n) is 7.77. The molecule has 0 atom stereocenters. The summed E-state index contributed by atoms with van der Waals surface area (Å²) in [6.45, 7) is 2.44. The average Bonchev–Trinajstić information content (AvgIpc) is 3.02. The van der Waals surface area contributed by atoms with Crippen molar-refractivity contribution in [3.05, 3.63) is 16.0 Å². The largest absolute Gasteiger partial charge is 0.462 e. The van der Waals surface area contributed by atoms with Crippen LogP contribution >= 0.6 is 11.3 Å². The van der Waals surface area contributed by atoms with Gasteiger partial charge in [0.15, 0.2) is 0 Å². The summed E-state index contributed by atoms with van der Waals surface area (Å²) in [5.74, 6) is 2.40. The molecule has 1 aromatic heterocycles. The van der Waals surface area contributed by atoms with E-state index in [-0.39, 0.29) is 17.3 Å². The van der Waals surface area contributed by atoms with Gasteiger partial charge in [0.2, 0.25) is 5.91 Å². The number of esters is 1. The number of amides is 1. The Labute approximate surface area is 177 Å². The van der Waals surface area contributed by atoms with Crippen LogP contribution in [0.2, 0.25) is 0 Å². The van der Waals surface area contributed by atoms with Gasteiger partial charge in [-0.05, 0) is 99.4 Å². The molecule has 6 rings (SSSR count). The van der Waals surface area contributed by atoms with Crippen molar-refractivity contribution < 1.29 is 14.3 Å². The molecule has 0 unspecified atom stereocenters. The molecule has 4 saturated carbocycles. The summed E-state index contributed by atoms with van der Waals surface area (Å²) in [7, 11) is 0. The molecule has 158 valence electrons. The van der Waals surface area contributed by atoms with Gasteiger partial charge in [-0.3, -0.25) is 4.79 Å². The van der Waals surface area contributed by atoms with E-state index in [2.05, 4.69) is 5.32 Å². The maximum absolute atomic E-state index is 13.1. The monoisotopic (exact) mass is 415 g/mol. The van der Waals surface area contributed by atoms with E-state index in [1.54, 1.807) is 11.3 Å². The molecule has 0 radical (unpaired) electrons. The van der Waals surface area contributed by atoms with Crippen molar-refractivity contribution >= 4 is 28.2 Å². The molecular formula is C24H33NO3S. The fourth-order valence-corrected chi connectivity index (χ4v) is 8.45. The zero-order valence-corrected chi connectivity index (χ0v) is 18.4. The molecule has 4 nitrogen and oxygen atoms in total. The highest BCUT2D eigenvalue weighted by atomic mass is 32.1. The molecule has 4 bridgehead atoms. The van der Waals surface area contributed by atoms with Gasteiger partial charge in [-0.25, -0.2) is 4.79 Å². The van der Waals surface area contributed by atoms with E-state index in [1.165, 1.54) is 43.4 Å². The van der Waals surface area contributed by atoms with Crippen LogP contribution in [-0.4, -0.2) is 18.5 Å². The van der Waals surface area contributed by atoms with E-state index >= 15 is 0 Å². The summed E-state index contributed by atoms with van der Waals surface area (Å²) >= 11 is 1.61. The van der Waals surface area contributed by atoms with Gasteiger partial charge in [-0.1, -0.05) is 6.92 Å². The molecule has 1 aromatic rings. The highest BCUT2D eigenvalue weighted by Gasteiger charge is 2.51. The van der Waals surface area contributed by atoms with Crippen molar-refractivity contribution in [2.45, 2.75) is 84.0 Å². The van der Waals surface area contributed by atoms with Gasteiger partial charge in [-0.15, -0.1) is 11.3 Å². The second-order valence-electron chi connectivity index (χ2n) is 10.2. The van der Waals surface area contributed by atoms with Crippen LogP contribution in [0.5, 0.6) is 0 Å². The SMILES string of the molecule is CCCOC(=O)c1c(NC(=O)CC23CC4CC(CC(C4)C2)C3)sc2c1CCCC2. The lowest BCUT2D eigenvalue weighted by Gasteiger charge is -2.56. The Morgan fingerprint density at radius 1 is 1.07 bits per heavy atom. The fraction of sp³-hybridized carbons (Fsp3) is 0.750. The topological polar surface area (TPSA) is 55.4 Å². The van der Waals surface area contributed by atoms with Crippen LogP contribution in [0.3, 0.4) is 0 Å². The zero-order chi connectivity index (χ0) is 20.0. The van der Waals surface area contributed by atoms with Gasteiger partial charge in [-0.2, -0.15) is 0 Å². The Morgan fingerprint density at radius 3 is 2.38 bits per heavy atom. The second-order valence-corrected chi connectivity index (χ2v) is 11.3. The summed E-state index contributed by atoms with van der Waals surface area (Å²) in [5.41, 5.74) is 2.00. The van der Waals surface area contributed by atoms with E-state index in [0.29, 0.717) is 18.6 Å². The van der Waals surface area contributed by atoms with E-state index < -0.39 is 0 Å². The first-order valence-electron chi connectivity index (χ1n) is 11.7. The number of anilines is 1. The summed E-state index contributed by atoms with van der Waals surface area (Å²) < 4.78 is 5.47. The highest BCUT2D eigenvalue weighted by Crippen LogP contribution is 2.61. The Morgan fingerprint density at radius 2 is 1.72 bits per heavy atom. The molecule has 0 spiro atoms. The molecular weight excluding hydrogens is 382 g/mol. The predicted molar refractivity (Wildman–Crippen MR) is 115 cm³/mol. The Bertz CT molecular complexity index is 776. The molecule has 0 aromatic carbocycles. The lowest BCUT2D eigenvalue weighted by Crippen LogP contribution is -2.47. The fourth-order valence-electron chi connectivity index (χ4n) is 7.15. The molecule has 0 saturated heterocycles. The van der Waals surface area contributed by atoms with Crippen LogP contribution in [0, 0.1) is 23.2 Å². The first-order chi connectivity index (χ1) is 14.0. The molecule has 1 amide bonds. The van der Waals surface area contributed by atoms with E-state index in [9.17, 15) is 9.59 Å². The third-order valence-corrected chi connectivity index (χ3v) is 8.97. The maximum atomic E-state index is 13.1. The van der Waals surface area contributed by atoms with Crippen molar-refractivity contribution in [1.29, 1.82) is 0 Å². The summed E-state index contributed by atoms with van der Waals surface area (Å²) in [6.07, 6.45) is 13.5. The second kappa shape index (κ2) is 7.72. The molecule has 5 aliphatic carbocycles. The van der Waals surface area contributed by atoms with Crippen LogP contribution in [0.15, 0.2) is 0 Å². The van der Waals surface area contributed by atoms with E-state index in [4.69, 9.17) is 4.74 Å². The first kappa shape index (κ1) is 19.6. The number of thiophene rings is 1. The van der Waals surface area contributed by atoms with Crippen LogP contribution < -0.4 is 5.32 Å². The number of ether oxygens (including phenoxy) is 1. The first-order valence-corrected chi connectivity index (χ1v) is 12.5. The van der Waals surface area contributed by atoms with Crippen molar-refractivity contribution in [2.24, 2.45) is 23.2 Å². The minimum absolute atomic E-state index is 0.107. The number of hydrogen-bond acceptors (Lipinski definition) is 4. The van der Waals surface area contributed by atoms with Crippen LogP contribution in [0.25, 0.3) is 0 Å². The number of rotatable bonds is 6. The van der Waals surface area contributed by atoms with Crippen LogP contribution in [-0.2, 0) is 22.4 Å². The van der Waals surface area contributed by atoms with Crippen LogP contribution in [0.4, 0.5) is 5.00 Å². The third kappa shape index (κ3) is 3.75. The van der Waals surface area contributed by atoms with E-state index in [1.807, 2.05) is 6.92 Å².